The van der Waals surface area contributed by atoms with Crippen molar-refractivity contribution in [3.8, 4) is 0 Å². The number of aryl methyl sites for hydroxylation is 1. The monoisotopic (exact) mass is 474 g/mol. The number of piperazine rings is 1. The average molecular weight is 475 g/mol. The van der Waals surface area contributed by atoms with Crippen LogP contribution in [0, 0.1) is 0 Å². The van der Waals surface area contributed by atoms with Gasteiger partial charge in [0.05, 0.1) is 12.3 Å². The van der Waals surface area contributed by atoms with E-state index in [9.17, 15) is 9.59 Å². The second kappa shape index (κ2) is 11.1. The van der Waals surface area contributed by atoms with Gasteiger partial charge in [0.25, 0.3) is 0 Å². The largest absolute Gasteiger partial charge is 0.347 e. The van der Waals surface area contributed by atoms with Crippen molar-refractivity contribution in [1.82, 2.24) is 20.0 Å². The minimum absolute atomic E-state index is 0.00805. The van der Waals surface area contributed by atoms with E-state index >= 15 is 0 Å². The van der Waals surface area contributed by atoms with E-state index < -0.39 is 0 Å². The molecule has 0 atom stereocenters. The number of amides is 2. The van der Waals surface area contributed by atoms with Crippen LogP contribution in [0.15, 0.2) is 28.6 Å². The molecular formula is C22H30N6O2S2. The number of hydrogen-bond acceptors (Lipinski definition) is 8. The van der Waals surface area contributed by atoms with Gasteiger partial charge in [-0.1, -0.05) is 48.2 Å². The van der Waals surface area contributed by atoms with Crippen LogP contribution in [0.5, 0.6) is 0 Å². The summed E-state index contributed by atoms with van der Waals surface area (Å²) in [4.78, 5) is 31.4. The first-order valence-electron chi connectivity index (χ1n) is 11.2. The van der Waals surface area contributed by atoms with Crippen molar-refractivity contribution in [2.24, 2.45) is 0 Å². The van der Waals surface area contributed by atoms with Crippen molar-refractivity contribution in [3.05, 3.63) is 29.8 Å². The highest BCUT2D eigenvalue weighted by atomic mass is 32.2. The number of carbonyl (C=O) groups excluding carboxylic acids is 2. The normalized spacial score (nSPS) is 17.0. The van der Waals surface area contributed by atoms with E-state index in [4.69, 9.17) is 0 Å². The summed E-state index contributed by atoms with van der Waals surface area (Å²) in [5.74, 6) is 0.489. The fourth-order valence-electron chi connectivity index (χ4n) is 4.01. The Morgan fingerprint density at radius 2 is 1.81 bits per heavy atom. The molecule has 0 unspecified atom stereocenters. The number of aromatic nitrogens is 2. The molecule has 8 nitrogen and oxygen atoms in total. The molecule has 2 saturated heterocycles. The van der Waals surface area contributed by atoms with Crippen molar-refractivity contribution >= 4 is 45.7 Å². The third-order valence-electron chi connectivity index (χ3n) is 5.86. The SMILES string of the molecule is CCc1ccccc1NC(=O)CN1CCN(C(=O)CSc2nnc(N3CCCC3)s2)CC1. The summed E-state index contributed by atoms with van der Waals surface area (Å²) < 4.78 is 0.850. The van der Waals surface area contributed by atoms with Crippen molar-refractivity contribution in [2.75, 3.05) is 61.8 Å². The van der Waals surface area contributed by atoms with Gasteiger partial charge in [-0.05, 0) is 30.9 Å². The van der Waals surface area contributed by atoms with Crippen molar-refractivity contribution in [1.29, 1.82) is 0 Å². The molecule has 3 heterocycles. The zero-order valence-electron chi connectivity index (χ0n) is 18.5. The lowest BCUT2D eigenvalue weighted by Gasteiger charge is -2.34. The number of rotatable bonds is 8. The van der Waals surface area contributed by atoms with E-state index in [1.54, 1.807) is 11.3 Å². The number of nitrogens with zero attached hydrogens (tertiary/aromatic N) is 5. The van der Waals surface area contributed by atoms with E-state index in [1.807, 2.05) is 29.2 Å². The lowest BCUT2D eigenvalue weighted by Crippen LogP contribution is -2.50. The molecule has 1 aromatic carbocycles. The first kappa shape index (κ1) is 23.0. The summed E-state index contributed by atoms with van der Waals surface area (Å²) in [6, 6.07) is 7.90. The minimum Gasteiger partial charge on any atom is -0.347 e. The molecule has 2 amide bonds. The summed E-state index contributed by atoms with van der Waals surface area (Å²) in [6.45, 7) is 7.22. The lowest BCUT2D eigenvalue weighted by molar-refractivity contribution is -0.130. The Labute approximate surface area is 197 Å². The summed E-state index contributed by atoms with van der Waals surface area (Å²) in [5.41, 5.74) is 2.02. The molecule has 4 rings (SSSR count). The molecule has 0 aliphatic carbocycles. The molecule has 1 aromatic heterocycles. The van der Waals surface area contributed by atoms with Crippen LogP contribution in [0.25, 0.3) is 0 Å². The molecule has 32 heavy (non-hydrogen) atoms. The Hall–Kier alpha value is -2.17. The molecule has 172 valence electrons. The summed E-state index contributed by atoms with van der Waals surface area (Å²) in [6.07, 6.45) is 3.30. The first-order chi connectivity index (χ1) is 15.6. The molecule has 2 aliphatic rings. The first-order valence-corrected chi connectivity index (χ1v) is 13.0. The molecule has 0 spiro atoms. The van der Waals surface area contributed by atoms with Crippen LogP contribution in [-0.4, -0.2) is 83.4 Å². The standard InChI is InChI=1S/C22H30N6O2S2/c1-2-17-7-3-4-8-18(17)23-19(29)15-26-11-13-27(14-12-26)20(30)16-31-22-25-24-21(32-22)28-9-5-6-10-28/h3-4,7-8H,2,5-6,9-16H2,1H3,(H,23,29). The molecule has 0 bridgehead atoms. The number of para-hydroxylation sites is 1. The maximum absolute atomic E-state index is 12.6. The van der Waals surface area contributed by atoms with Gasteiger partial charge >= 0.3 is 0 Å². The Bertz CT molecular complexity index is 923. The molecule has 0 radical (unpaired) electrons. The van der Waals surface area contributed by atoms with Gasteiger partial charge < -0.3 is 15.1 Å². The maximum Gasteiger partial charge on any atom is 0.238 e. The molecule has 2 aromatic rings. The number of benzene rings is 1. The fraction of sp³-hybridized carbons (Fsp3) is 0.545. The molecule has 1 N–H and O–H groups in total. The van der Waals surface area contributed by atoms with Crippen LogP contribution in [0.3, 0.4) is 0 Å². The predicted octanol–water partition coefficient (Wildman–Crippen LogP) is 2.58. The van der Waals surface area contributed by atoms with Gasteiger partial charge in [0, 0.05) is 45.0 Å². The molecule has 2 fully saturated rings. The zero-order chi connectivity index (χ0) is 22.3. The number of carbonyl (C=O) groups is 2. The number of hydrogen-bond donors (Lipinski definition) is 1. The topological polar surface area (TPSA) is 81.7 Å². The van der Waals surface area contributed by atoms with Crippen LogP contribution >= 0.6 is 23.1 Å². The average Bonchev–Trinajstić information content (AvgIpc) is 3.50. The third-order valence-corrected chi connectivity index (χ3v) is 7.96. The van der Waals surface area contributed by atoms with E-state index in [0.717, 1.165) is 40.2 Å². The van der Waals surface area contributed by atoms with E-state index in [1.165, 1.54) is 24.6 Å². The van der Waals surface area contributed by atoms with Crippen LogP contribution in [0.2, 0.25) is 0 Å². The van der Waals surface area contributed by atoms with Crippen LogP contribution in [0.4, 0.5) is 10.8 Å². The van der Waals surface area contributed by atoms with Gasteiger partial charge in [-0.15, -0.1) is 10.2 Å². The maximum atomic E-state index is 12.6. The molecular weight excluding hydrogens is 444 g/mol. The second-order valence-corrected chi connectivity index (χ2v) is 10.2. The second-order valence-electron chi connectivity index (χ2n) is 8.05. The highest BCUT2D eigenvalue weighted by Gasteiger charge is 2.23. The quantitative estimate of drug-likeness (QED) is 0.589. The van der Waals surface area contributed by atoms with Gasteiger partial charge in [0.15, 0.2) is 4.34 Å². The Morgan fingerprint density at radius 3 is 2.56 bits per heavy atom. The molecule has 10 heteroatoms. The van der Waals surface area contributed by atoms with E-state index in [0.29, 0.717) is 38.5 Å². The van der Waals surface area contributed by atoms with Gasteiger partial charge in [0.2, 0.25) is 16.9 Å². The Balaban J connectivity index is 1.18. The number of nitrogens with one attached hydrogen (secondary N) is 1. The smallest absolute Gasteiger partial charge is 0.238 e. The van der Waals surface area contributed by atoms with Gasteiger partial charge in [-0.3, -0.25) is 14.5 Å². The van der Waals surface area contributed by atoms with E-state index in [-0.39, 0.29) is 11.8 Å². The van der Waals surface area contributed by atoms with Crippen molar-refractivity contribution in [3.63, 3.8) is 0 Å². The highest BCUT2D eigenvalue weighted by molar-refractivity contribution is 8.01. The third kappa shape index (κ3) is 5.99. The predicted molar refractivity (Wildman–Crippen MR) is 130 cm³/mol. The molecule has 0 saturated carbocycles. The van der Waals surface area contributed by atoms with Gasteiger partial charge in [-0.2, -0.15) is 0 Å². The van der Waals surface area contributed by atoms with Crippen molar-refractivity contribution in [2.45, 2.75) is 30.5 Å². The van der Waals surface area contributed by atoms with Crippen LogP contribution in [-0.2, 0) is 16.0 Å². The van der Waals surface area contributed by atoms with E-state index in [2.05, 4.69) is 32.2 Å². The minimum atomic E-state index is -0.00805. The lowest BCUT2D eigenvalue weighted by atomic mass is 10.1. The van der Waals surface area contributed by atoms with Crippen molar-refractivity contribution < 1.29 is 9.59 Å². The fourth-order valence-corrected chi connectivity index (χ4v) is 5.81. The summed E-state index contributed by atoms with van der Waals surface area (Å²) in [7, 11) is 0. The van der Waals surface area contributed by atoms with Crippen LogP contribution < -0.4 is 10.2 Å². The molecule has 2 aliphatic heterocycles. The Morgan fingerprint density at radius 1 is 1.06 bits per heavy atom. The summed E-state index contributed by atoms with van der Waals surface area (Å²) in [5, 5.41) is 12.5. The highest BCUT2D eigenvalue weighted by Crippen LogP contribution is 2.30. The Kier molecular flexibility index (Phi) is 7.99. The number of thioether (sulfide) groups is 1. The van der Waals surface area contributed by atoms with Crippen LogP contribution in [0.1, 0.15) is 25.3 Å². The van der Waals surface area contributed by atoms with Gasteiger partial charge in [-0.25, -0.2) is 0 Å². The van der Waals surface area contributed by atoms with Gasteiger partial charge in [0.1, 0.15) is 0 Å². The summed E-state index contributed by atoms with van der Waals surface area (Å²) >= 11 is 3.04. The number of anilines is 2. The zero-order valence-corrected chi connectivity index (χ0v) is 20.1.